The summed E-state index contributed by atoms with van der Waals surface area (Å²) in [5, 5.41) is 4.71. The molecule has 0 aliphatic heterocycles. The Bertz CT molecular complexity index is 807. The lowest BCUT2D eigenvalue weighted by molar-refractivity contribution is -0.173. The molecule has 0 atom stereocenters. The van der Waals surface area contributed by atoms with Gasteiger partial charge in [-0.1, -0.05) is 0 Å². The molecule has 0 unspecified atom stereocenters. The van der Waals surface area contributed by atoms with Crippen molar-refractivity contribution in [3.05, 3.63) is 29.8 Å². The largest absolute Gasteiger partial charge is 0.455 e. The Kier molecular flexibility index (Phi) is 5.27. The highest BCUT2D eigenvalue weighted by Crippen LogP contribution is 2.60. The van der Waals surface area contributed by atoms with Crippen molar-refractivity contribution in [3.63, 3.8) is 0 Å². The molecule has 29 heavy (non-hydrogen) atoms. The van der Waals surface area contributed by atoms with Crippen LogP contribution in [-0.2, 0) is 19.1 Å². The van der Waals surface area contributed by atoms with Crippen LogP contribution >= 0.6 is 0 Å². The smallest absolute Gasteiger partial charge is 0.312 e. The monoisotopic (exact) mass is 406 g/mol. The molecule has 4 fully saturated rings. The molecule has 6 nitrogen and oxygen atoms in total. The minimum atomic E-state index is -1.08. The Morgan fingerprint density at radius 3 is 2.17 bits per heavy atom. The number of benzene rings is 1. The first-order valence-corrected chi connectivity index (χ1v) is 10.0. The van der Waals surface area contributed by atoms with E-state index in [1.165, 1.54) is 25.3 Å². The van der Waals surface area contributed by atoms with Crippen LogP contribution in [0.2, 0.25) is 0 Å². The molecule has 156 valence electrons. The standard InChI is InChI=1S/C21H24F2N2O4/c22-16-2-1-15(6-17(16)23)25-18(26)10-24-19(27)11-29-20(28)21-7-12-3-13(8-21)5-14(4-12)9-21/h1-2,6,12-14H,3-5,7-11H2,(H,24,27)(H,25,26). The summed E-state index contributed by atoms with van der Waals surface area (Å²) in [6.07, 6.45) is 6.20. The van der Waals surface area contributed by atoms with Crippen LogP contribution in [0.15, 0.2) is 18.2 Å². The van der Waals surface area contributed by atoms with Crippen molar-refractivity contribution in [2.24, 2.45) is 23.2 Å². The maximum Gasteiger partial charge on any atom is 0.312 e. The van der Waals surface area contributed by atoms with Gasteiger partial charge in [-0.2, -0.15) is 0 Å². The first-order chi connectivity index (χ1) is 13.8. The number of hydrogen-bond acceptors (Lipinski definition) is 4. The summed E-state index contributed by atoms with van der Waals surface area (Å²) in [6.45, 7) is -0.800. The fraction of sp³-hybridized carbons (Fsp3) is 0.571. The Hall–Kier alpha value is -2.51. The molecule has 0 radical (unpaired) electrons. The molecule has 2 N–H and O–H groups in total. The van der Waals surface area contributed by atoms with E-state index in [4.69, 9.17) is 4.74 Å². The predicted octanol–water partition coefficient (Wildman–Crippen LogP) is 2.78. The van der Waals surface area contributed by atoms with Crippen LogP contribution in [-0.4, -0.2) is 30.9 Å². The number of hydrogen-bond donors (Lipinski definition) is 2. The molecule has 4 aliphatic rings. The van der Waals surface area contributed by atoms with Gasteiger partial charge in [0.2, 0.25) is 5.91 Å². The summed E-state index contributed by atoms with van der Waals surface area (Å²) in [5.41, 5.74) is -0.351. The van der Waals surface area contributed by atoms with Crippen LogP contribution in [0.4, 0.5) is 14.5 Å². The predicted molar refractivity (Wildman–Crippen MR) is 99.6 cm³/mol. The molecule has 4 saturated carbocycles. The normalized spacial score (nSPS) is 29.4. The first kappa shape index (κ1) is 19.8. The Labute approximate surface area is 167 Å². The molecule has 0 spiro atoms. The number of rotatable bonds is 6. The molecule has 2 amide bonds. The average molecular weight is 406 g/mol. The average Bonchev–Trinajstić information content (AvgIpc) is 2.66. The fourth-order valence-corrected chi connectivity index (χ4v) is 5.65. The lowest BCUT2D eigenvalue weighted by Gasteiger charge is -2.55. The summed E-state index contributed by atoms with van der Waals surface area (Å²) >= 11 is 0. The third kappa shape index (κ3) is 4.26. The van der Waals surface area contributed by atoms with Gasteiger partial charge in [0.25, 0.3) is 5.91 Å². The maximum absolute atomic E-state index is 13.1. The number of carbonyl (C=O) groups excluding carboxylic acids is 3. The van der Waals surface area contributed by atoms with E-state index in [0.29, 0.717) is 17.8 Å². The molecule has 1 aromatic rings. The van der Waals surface area contributed by atoms with Crippen molar-refractivity contribution in [1.82, 2.24) is 5.32 Å². The molecule has 4 bridgehead atoms. The Balaban J connectivity index is 1.21. The minimum absolute atomic E-state index is 0.0800. The van der Waals surface area contributed by atoms with Crippen molar-refractivity contribution >= 4 is 23.5 Å². The second kappa shape index (κ2) is 7.72. The number of carbonyl (C=O) groups is 3. The maximum atomic E-state index is 13.1. The van der Waals surface area contributed by atoms with Crippen molar-refractivity contribution in [2.75, 3.05) is 18.5 Å². The molecule has 8 heteroatoms. The topological polar surface area (TPSA) is 84.5 Å². The second-order valence-corrected chi connectivity index (χ2v) is 8.73. The number of halogens is 2. The van der Waals surface area contributed by atoms with Crippen LogP contribution in [0, 0.1) is 34.8 Å². The van der Waals surface area contributed by atoms with Crippen LogP contribution in [0.1, 0.15) is 38.5 Å². The highest BCUT2D eigenvalue weighted by Gasteiger charge is 2.55. The van der Waals surface area contributed by atoms with Gasteiger partial charge in [-0.25, -0.2) is 8.78 Å². The van der Waals surface area contributed by atoms with E-state index in [1.54, 1.807) is 0 Å². The summed E-state index contributed by atoms with van der Waals surface area (Å²) in [6, 6.07) is 2.96. The van der Waals surface area contributed by atoms with Gasteiger partial charge in [-0.3, -0.25) is 14.4 Å². The lowest BCUT2D eigenvalue weighted by Crippen LogP contribution is -2.51. The van der Waals surface area contributed by atoms with Gasteiger partial charge in [0.1, 0.15) is 0 Å². The highest BCUT2D eigenvalue weighted by molar-refractivity contribution is 5.94. The van der Waals surface area contributed by atoms with Gasteiger partial charge in [0.05, 0.1) is 12.0 Å². The zero-order valence-corrected chi connectivity index (χ0v) is 16.0. The molecule has 5 rings (SSSR count). The number of esters is 1. The Morgan fingerprint density at radius 2 is 1.59 bits per heavy atom. The van der Waals surface area contributed by atoms with Gasteiger partial charge >= 0.3 is 5.97 Å². The minimum Gasteiger partial charge on any atom is -0.455 e. The van der Waals surface area contributed by atoms with Crippen LogP contribution < -0.4 is 10.6 Å². The summed E-state index contributed by atoms with van der Waals surface area (Å²) in [4.78, 5) is 36.5. The van der Waals surface area contributed by atoms with Gasteiger partial charge in [0, 0.05) is 11.8 Å². The molecule has 0 aromatic heterocycles. The van der Waals surface area contributed by atoms with Crippen LogP contribution in [0.3, 0.4) is 0 Å². The van der Waals surface area contributed by atoms with E-state index >= 15 is 0 Å². The zero-order valence-electron chi connectivity index (χ0n) is 16.0. The molecule has 4 aliphatic carbocycles. The quantitative estimate of drug-likeness (QED) is 0.712. The van der Waals surface area contributed by atoms with Crippen molar-refractivity contribution < 1.29 is 27.9 Å². The van der Waals surface area contributed by atoms with Crippen molar-refractivity contribution in [3.8, 4) is 0 Å². The van der Waals surface area contributed by atoms with E-state index in [-0.39, 0.29) is 18.2 Å². The third-order valence-electron chi connectivity index (χ3n) is 6.46. The van der Waals surface area contributed by atoms with Gasteiger partial charge in [-0.15, -0.1) is 0 Å². The third-order valence-corrected chi connectivity index (χ3v) is 6.46. The molecule has 0 heterocycles. The van der Waals surface area contributed by atoms with E-state index < -0.39 is 35.5 Å². The van der Waals surface area contributed by atoms with Gasteiger partial charge < -0.3 is 15.4 Å². The molecular weight excluding hydrogens is 382 g/mol. The number of ether oxygens (including phenoxy) is 1. The first-order valence-electron chi connectivity index (χ1n) is 10.0. The number of anilines is 1. The summed E-state index contributed by atoms with van der Waals surface area (Å²) < 4.78 is 31.3. The van der Waals surface area contributed by atoms with E-state index in [1.807, 2.05) is 0 Å². The van der Waals surface area contributed by atoms with E-state index in [9.17, 15) is 23.2 Å². The van der Waals surface area contributed by atoms with Gasteiger partial charge in [-0.05, 0) is 68.4 Å². The highest BCUT2D eigenvalue weighted by atomic mass is 19.2. The summed E-state index contributed by atoms with van der Waals surface area (Å²) in [7, 11) is 0. The second-order valence-electron chi connectivity index (χ2n) is 8.73. The van der Waals surface area contributed by atoms with Gasteiger partial charge in [0.15, 0.2) is 18.2 Å². The zero-order chi connectivity index (χ0) is 20.6. The molecular formula is C21H24F2N2O4. The van der Waals surface area contributed by atoms with Crippen molar-refractivity contribution in [1.29, 1.82) is 0 Å². The van der Waals surface area contributed by atoms with Crippen molar-refractivity contribution in [2.45, 2.75) is 38.5 Å². The molecule has 0 saturated heterocycles. The number of amides is 2. The van der Waals surface area contributed by atoms with Crippen LogP contribution in [0.25, 0.3) is 0 Å². The SMILES string of the molecule is O=C(COC(=O)C12CC3CC(CC(C3)C1)C2)NCC(=O)Nc1ccc(F)c(F)c1. The van der Waals surface area contributed by atoms with E-state index in [2.05, 4.69) is 10.6 Å². The fourth-order valence-electron chi connectivity index (χ4n) is 5.65. The van der Waals surface area contributed by atoms with E-state index in [0.717, 1.165) is 31.4 Å². The summed E-state index contributed by atoms with van der Waals surface area (Å²) in [5.74, 6) is -1.77. The Morgan fingerprint density at radius 1 is 0.966 bits per heavy atom. The van der Waals surface area contributed by atoms with Crippen LogP contribution in [0.5, 0.6) is 0 Å². The molecule has 1 aromatic carbocycles. The lowest BCUT2D eigenvalue weighted by atomic mass is 9.49. The number of nitrogens with one attached hydrogen (secondary N) is 2.